The van der Waals surface area contributed by atoms with Crippen molar-refractivity contribution in [1.29, 1.82) is 0 Å². The first-order valence-electron chi connectivity index (χ1n) is 26.6. The number of imidazole rings is 1. The summed E-state index contributed by atoms with van der Waals surface area (Å²) in [6.45, 7) is 9.37. The van der Waals surface area contributed by atoms with Crippen LogP contribution in [-0.4, -0.2) is 100 Å². The molecule has 0 radical (unpaired) electrons. The molecule has 26 heteroatoms. The van der Waals surface area contributed by atoms with Gasteiger partial charge >= 0.3 is 79.4 Å². The van der Waals surface area contributed by atoms with Crippen molar-refractivity contribution in [2.45, 2.75) is 52.9 Å². The topological polar surface area (TPSA) is 288 Å². The molecule has 5 heterocycles. The fourth-order valence-electron chi connectivity index (χ4n) is 7.00. The molecular weight excluding hydrogens is 1240 g/mol. The largest absolute Gasteiger partial charge is 0.473 e. The predicted molar refractivity (Wildman–Crippen MR) is 329 cm³/mol. The van der Waals surface area contributed by atoms with Crippen molar-refractivity contribution in [3.63, 3.8) is 0 Å². The molecule has 5 aromatic heterocycles. The second-order valence-electron chi connectivity index (χ2n) is 16.8. The molecule has 0 aliphatic rings. The molecule has 0 aliphatic carbocycles. The van der Waals surface area contributed by atoms with Gasteiger partial charge in [-0.05, 0) is 64.1 Å². The van der Waals surface area contributed by atoms with Crippen molar-refractivity contribution in [3.8, 4) is 0 Å². The van der Waals surface area contributed by atoms with Crippen molar-refractivity contribution >= 4 is 95.5 Å². The van der Waals surface area contributed by atoms with Crippen LogP contribution in [0.25, 0.3) is 11.2 Å². The zero-order valence-electron chi connectivity index (χ0n) is 47.9. The first kappa shape index (κ1) is 71.1. The number of aromatic amines is 1. The molecule has 0 saturated carbocycles. The molecular formula is C61H64Cl4N8O13Ti. The Balaban J connectivity index is 0.000000239. The van der Waals surface area contributed by atoms with Crippen molar-refractivity contribution in [1.82, 2.24) is 19.9 Å². The van der Waals surface area contributed by atoms with E-state index in [1.807, 2.05) is 133 Å². The van der Waals surface area contributed by atoms with E-state index in [4.69, 9.17) is 75.5 Å². The Kier molecular flexibility index (Phi) is 32.7. The van der Waals surface area contributed by atoms with Gasteiger partial charge < -0.3 is 53.0 Å². The molecule has 3 atom stereocenters. The number of nitrogens with one attached hydrogen (secondary N) is 2. The van der Waals surface area contributed by atoms with Crippen LogP contribution in [0.1, 0.15) is 80.5 Å². The van der Waals surface area contributed by atoms with Crippen molar-refractivity contribution in [2.24, 2.45) is 15.7 Å². The van der Waals surface area contributed by atoms with Crippen molar-refractivity contribution in [2.75, 3.05) is 38.3 Å². The standard InChI is InChI=1S/C19H19NO4.C17H17NO2.C13H13N5O3.C8H11NO3.C4H4O.4ClH.Ti/c1-3-23-19(22)18(24-14(2)21)20-17(15-10-6-4-7-11-15)16-12-8-5-9-13-16;1-2-20-16(19)13-18-17(14-9-5-3-6-10-14)15-11-7-4-8-12-15;1-2-20-13(19)9(8-4-3-5-21-8)18-12-10-11(15-6-14-10)16-7-17-12;1-2-11-8(10)7(9)6-4-3-5-12-6;1-2-4-5-3-1;;;;;/h4-13,18H,3H2,1-2H3;3-12H,2,13H2,1H3;3-7,9H,2H2,1H3,(H2,14,15,16,17,18);3-5,7H,2,9H2,1H3;1-4H;4*1H;/q;;;;;;;;;+4/p-4. The minimum atomic E-state index is -3.11. The van der Waals surface area contributed by atoms with E-state index in [2.05, 4.69) is 39.7 Å². The molecule has 0 saturated heterocycles. The Hall–Kier alpha value is -8.41. The number of nitrogens with two attached hydrogens (primary N) is 1. The van der Waals surface area contributed by atoms with Gasteiger partial charge in [-0.2, -0.15) is 0 Å². The second kappa shape index (κ2) is 40.1. The Labute approximate surface area is 521 Å². The monoisotopic (exact) mass is 1300 g/mol. The number of benzene rings is 4. The van der Waals surface area contributed by atoms with Crippen LogP contribution in [0.2, 0.25) is 0 Å². The first-order valence-corrected chi connectivity index (χ1v) is 35.2. The van der Waals surface area contributed by atoms with E-state index in [0.29, 0.717) is 47.4 Å². The van der Waals surface area contributed by atoms with Gasteiger partial charge in [0, 0.05) is 29.2 Å². The van der Waals surface area contributed by atoms with Crippen LogP contribution in [0.3, 0.4) is 0 Å². The number of fused-ring (bicyclic) bond motifs is 1. The summed E-state index contributed by atoms with van der Waals surface area (Å²) < 4.78 is 39.5. The maximum atomic E-state index is 12.1. The molecule has 21 nitrogen and oxygen atoms in total. The average molecular weight is 1310 g/mol. The van der Waals surface area contributed by atoms with Crippen LogP contribution in [-0.2, 0) is 60.0 Å². The number of aromatic nitrogens is 4. The third-order valence-corrected chi connectivity index (χ3v) is 10.5. The third kappa shape index (κ3) is 27.2. The van der Waals surface area contributed by atoms with Gasteiger partial charge in [0.1, 0.15) is 29.9 Å². The number of H-pyrrole nitrogens is 1. The predicted octanol–water partition coefficient (Wildman–Crippen LogP) is 12.6. The molecule has 87 heavy (non-hydrogen) atoms. The van der Waals surface area contributed by atoms with Crippen LogP contribution in [0.15, 0.2) is 219 Å². The van der Waals surface area contributed by atoms with E-state index in [1.54, 1.807) is 64.5 Å². The van der Waals surface area contributed by atoms with Gasteiger partial charge in [0.25, 0.3) is 6.23 Å². The van der Waals surface area contributed by atoms with Gasteiger partial charge in [-0.25, -0.2) is 34.3 Å². The molecule has 0 aliphatic heterocycles. The van der Waals surface area contributed by atoms with Gasteiger partial charge in [-0.3, -0.25) is 14.6 Å². The second-order valence-corrected chi connectivity index (χ2v) is 32.2. The molecule has 0 spiro atoms. The SMILES string of the molecule is CCOC(=O)C(N)c1ccco1.CCOC(=O)C(N=C(c1ccccc1)c1ccccc1)OC(C)=O.CCOC(=O)C(Nc1ncnc2nc[nH]c12)c1ccco1.CCOC(=O)CN=C(c1ccccc1)c1ccccc1.[Cl][Ti]([Cl])([Cl])[Cl].c1ccoc1. The number of hydrogen-bond donors (Lipinski definition) is 3. The first-order chi connectivity index (χ1) is 42.0. The van der Waals surface area contributed by atoms with E-state index in [9.17, 15) is 24.0 Å². The van der Waals surface area contributed by atoms with Gasteiger partial charge in [0.15, 0.2) is 23.5 Å². The van der Waals surface area contributed by atoms with E-state index in [-0.39, 0.29) is 25.7 Å². The smallest absolute Gasteiger partial charge is 0.0902 e. The molecule has 0 amide bonds. The number of hydrogen-bond acceptors (Lipinski definition) is 20. The zero-order chi connectivity index (χ0) is 63.2. The molecule has 9 rings (SSSR count). The summed E-state index contributed by atoms with van der Waals surface area (Å²) in [5, 5.41) is 3.00. The summed E-state index contributed by atoms with van der Waals surface area (Å²) in [4.78, 5) is 81.9. The summed E-state index contributed by atoms with van der Waals surface area (Å²) in [6.07, 6.45) is 7.76. The number of aliphatic imine (C=N–C) groups is 2. The summed E-state index contributed by atoms with van der Waals surface area (Å²) in [5.74, 6) is -1.20. The van der Waals surface area contributed by atoms with E-state index >= 15 is 0 Å². The molecule has 4 N–H and O–H groups in total. The van der Waals surface area contributed by atoms with Gasteiger partial charge in [0.2, 0.25) is 0 Å². The molecule has 3 unspecified atom stereocenters. The fraction of sp³-hybridized carbons (Fsp3) is 0.213. The fourth-order valence-corrected chi connectivity index (χ4v) is 7.00. The van der Waals surface area contributed by atoms with E-state index < -0.39 is 54.5 Å². The Morgan fingerprint density at radius 3 is 1.47 bits per heavy atom. The molecule has 4 aromatic carbocycles. The molecule has 0 bridgehead atoms. The number of anilines is 1. The molecule has 458 valence electrons. The van der Waals surface area contributed by atoms with Crippen LogP contribution in [0.5, 0.6) is 0 Å². The average Bonchev–Trinajstić information content (AvgIpc) is 2.86. The maximum absolute atomic E-state index is 12.1. The third-order valence-electron chi connectivity index (χ3n) is 10.5. The summed E-state index contributed by atoms with van der Waals surface area (Å²) in [6, 6.07) is 47.2. The maximum Gasteiger partial charge on any atom is 0.0902 e. The normalized spacial score (nSPS) is 11.2. The van der Waals surface area contributed by atoms with Gasteiger partial charge in [-0.15, -0.1) is 0 Å². The Morgan fingerprint density at radius 2 is 1.03 bits per heavy atom. The van der Waals surface area contributed by atoms with Crippen LogP contribution < -0.4 is 11.1 Å². The number of ether oxygens (including phenoxy) is 5. The van der Waals surface area contributed by atoms with E-state index in [1.165, 1.54) is 32.1 Å². The Bertz CT molecular complexity index is 3330. The summed E-state index contributed by atoms with van der Waals surface area (Å²) in [5.41, 5.74) is 11.6. The summed E-state index contributed by atoms with van der Waals surface area (Å²) in [7, 11) is 20.1. The van der Waals surface area contributed by atoms with Crippen molar-refractivity contribution in [3.05, 3.63) is 229 Å². The van der Waals surface area contributed by atoms with Crippen LogP contribution in [0.4, 0.5) is 5.82 Å². The number of carbonyl (C=O) groups excluding carboxylic acids is 5. The number of furan rings is 3. The molecule has 0 fully saturated rings. The quantitative estimate of drug-likeness (QED) is 0.0293. The van der Waals surface area contributed by atoms with Crippen LogP contribution in [0, 0.1) is 0 Å². The number of halogens is 4. The van der Waals surface area contributed by atoms with Gasteiger partial charge in [-0.1, -0.05) is 121 Å². The number of nitrogens with zero attached hydrogens (tertiary/aromatic N) is 5. The van der Waals surface area contributed by atoms with Gasteiger partial charge in [0.05, 0.1) is 69.2 Å². The van der Waals surface area contributed by atoms with Crippen molar-refractivity contribution < 1.29 is 73.3 Å². The summed E-state index contributed by atoms with van der Waals surface area (Å²) >= 11 is -3.11. The number of rotatable bonds is 19. The number of esters is 5. The van der Waals surface area contributed by atoms with E-state index in [0.717, 1.165) is 28.0 Å². The number of carbonyl (C=O) groups is 5. The van der Waals surface area contributed by atoms with Crippen LogP contribution >= 0.6 is 37.2 Å². The zero-order valence-corrected chi connectivity index (χ0v) is 52.5. The minimum Gasteiger partial charge on any atom is -0.473 e. The molecule has 9 aromatic rings. The minimum absolute atomic E-state index is 0.0347. The Morgan fingerprint density at radius 1 is 0.575 bits per heavy atom.